The molecule has 0 aliphatic rings. The topological polar surface area (TPSA) is 34.1 Å². The van der Waals surface area contributed by atoms with Crippen LogP contribution in [0.3, 0.4) is 0 Å². The highest BCUT2D eigenvalue weighted by molar-refractivity contribution is 9.10. The Bertz CT molecular complexity index is 593. The number of rotatable bonds is 4. The van der Waals surface area contributed by atoms with Gasteiger partial charge in [-0.3, -0.25) is 0 Å². The summed E-state index contributed by atoms with van der Waals surface area (Å²) in [6.07, 6.45) is 1.70. The zero-order chi connectivity index (χ0) is 13.8. The smallest absolute Gasteiger partial charge is 0.143 e. The third-order valence-electron chi connectivity index (χ3n) is 2.51. The van der Waals surface area contributed by atoms with E-state index >= 15 is 0 Å². The van der Waals surface area contributed by atoms with Crippen molar-refractivity contribution in [2.75, 3.05) is 12.4 Å². The van der Waals surface area contributed by atoms with E-state index in [2.05, 4.69) is 42.2 Å². The van der Waals surface area contributed by atoms with Crippen LogP contribution in [0.25, 0.3) is 0 Å². The second-order valence-corrected chi connectivity index (χ2v) is 5.89. The number of nitrogens with zero attached hydrogens (tertiary/aromatic N) is 1. The van der Waals surface area contributed by atoms with E-state index in [-0.39, 0.29) is 0 Å². The molecule has 0 radical (unpaired) electrons. The second kappa shape index (κ2) is 6.59. The number of aromatic nitrogens is 1. The first-order valence-corrected chi connectivity index (χ1v) is 7.44. The van der Waals surface area contributed by atoms with E-state index < -0.39 is 0 Å². The fourth-order valence-electron chi connectivity index (χ4n) is 1.54. The highest BCUT2D eigenvalue weighted by atomic mass is 79.9. The molecule has 1 aromatic heterocycles. The first kappa shape index (κ1) is 14.6. The van der Waals surface area contributed by atoms with Gasteiger partial charge in [0.2, 0.25) is 0 Å². The molecule has 0 spiro atoms. The Balaban J connectivity index is 2.05. The lowest BCUT2D eigenvalue weighted by Crippen LogP contribution is -2.00. The molecule has 0 amide bonds. The van der Waals surface area contributed by atoms with Gasteiger partial charge in [0, 0.05) is 6.54 Å². The van der Waals surface area contributed by atoms with E-state index in [0.717, 1.165) is 25.9 Å². The maximum absolute atomic E-state index is 5.85. The van der Waals surface area contributed by atoms with Crippen molar-refractivity contribution in [3.63, 3.8) is 0 Å². The molecule has 6 heteroatoms. The predicted molar refractivity (Wildman–Crippen MR) is 85.0 cm³/mol. The van der Waals surface area contributed by atoms with Crippen molar-refractivity contribution in [2.24, 2.45) is 0 Å². The standard InChI is InChI=1S/C13H11Br2ClN2O/c1-19-12-3-2-8(4-10(12)14)6-17-9-5-11(15)13(16)18-7-9/h2-5,7,17H,6H2,1H3. The van der Waals surface area contributed by atoms with Crippen LogP contribution >= 0.6 is 43.5 Å². The summed E-state index contributed by atoms with van der Waals surface area (Å²) in [5, 5.41) is 3.74. The lowest BCUT2D eigenvalue weighted by Gasteiger charge is -2.09. The van der Waals surface area contributed by atoms with Crippen LogP contribution in [0, 0.1) is 0 Å². The van der Waals surface area contributed by atoms with Gasteiger partial charge in [-0.15, -0.1) is 0 Å². The van der Waals surface area contributed by atoms with E-state index in [4.69, 9.17) is 16.3 Å². The van der Waals surface area contributed by atoms with Gasteiger partial charge in [-0.05, 0) is 55.6 Å². The number of ether oxygens (including phenoxy) is 1. The van der Waals surface area contributed by atoms with Gasteiger partial charge in [0.25, 0.3) is 0 Å². The Morgan fingerprint density at radius 1 is 1.26 bits per heavy atom. The molecule has 100 valence electrons. The average molecular weight is 407 g/mol. The van der Waals surface area contributed by atoms with Crippen LogP contribution in [0.15, 0.2) is 39.4 Å². The Morgan fingerprint density at radius 2 is 2.05 bits per heavy atom. The SMILES string of the molecule is COc1ccc(CNc2cnc(Cl)c(Br)c2)cc1Br. The Hall–Kier alpha value is -0.780. The van der Waals surface area contributed by atoms with Gasteiger partial charge in [-0.25, -0.2) is 4.98 Å². The van der Waals surface area contributed by atoms with E-state index in [1.165, 1.54) is 0 Å². The quantitative estimate of drug-likeness (QED) is 0.735. The van der Waals surface area contributed by atoms with Gasteiger partial charge >= 0.3 is 0 Å². The Morgan fingerprint density at radius 3 is 2.68 bits per heavy atom. The summed E-state index contributed by atoms with van der Waals surface area (Å²) in [7, 11) is 1.65. The number of benzene rings is 1. The molecule has 19 heavy (non-hydrogen) atoms. The summed E-state index contributed by atoms with van der Waals surface area (Å²) in [6, 6.07) is 7.85. The molecule has 0 aliphatic carbocycles. The second-order valence-electron chi connectivity index (χ2n) is 3.82. The largest absolute Gasteiger partial charge is 0.496 e. The number of nitrogens with one attached hydrogen (secondary N) is 1. The molecule has 0 unspecified atom stereocenters. The number of methoxy groups -OCH3 is 1. The Kier molecular flexibility index (Phi) is 5.07. The summed E-state index contributed by atoms with van der Waals surface area (Å²) < 4.78 is 6.90. The number of pyridine rings is 1. The fraction of sp³-hybridized carbons (Fsp3) is 0.154. The van der Waals surface area contributed by atoms with Gasteiger partial charge < -0.3 is 10.1 Å². The van der Waals surface area contributed by atoms with E-state index in [9.17, 15) is 0 Å². The van der Waals surface area contributed by atoms with Crippen molar-refractivity contribution in [2.45, 2.75) is 6.54 Å². The van der Waals surface area contributed by atoms with Crippen molar-refractivity contribution < 1.29 is 4.74 Å². The molecule has 1 aromatic carbocycles. The van der Waals surface area contributed by atoms with Crippen LogP contribution < -0.4 is 10.1 Å². The number of halogens is 3. The van der Waals surface area contributed by atoms with Gasteiger partial charge in [-0.2, -0.15) is 0 Å². The molecule has 0 saturated heterocycles. The minimum atomic E-state index is 0.456. The summed E-state index contributed by atoms with van der Waals surface area (Å²) in [4.78, 5) is 4.06. The van der Waals surface area contributed by atoms with E-state index in [0.29, 0.717) is 11.7 Å². The van der Waals surface area contributed by atoms with Crippen molar-refractivity contribution >= 4 is 49.1 Å². The third kappa shape index (κ3) is 3.84. The highest BCUT2D eigenvalue weighted by Crippen LogP contribution is 2.26. The molecule has 0 saturated carbocycles. The molecule has 0 atom stereocenters. The summed E-state index contributed by atoms with van der Waals surface area (Å²) in [5.74, 6) is 0.819. The minimum absolute atomic E-state index is 0.456. The number of hydrogen-bond acceptors (Lipinski definition) is 3. The number of hydrogen-bond donors (Lipinski definition) is 1. The van der Waals surface area contributed by atoms with E-state index in [1.54, 1.807) is 13.3 Å². The van der Waals surface area contributed by atoms with Gasteiger partial charge in [-0.1, -0.05) is 17.7 Å². The number of anilines is 1. The van der Waals surface area contributed by atoms with Crippen molar-refractivity contribution in [3.8, 4) is 5.75 Å². The van der Waals surface area contributed by atoms with Crippen LogP contribution in [-0.2, 0) is 6.54 Å². The normalized spacial score (nSPS) is 10.3. The average Bonchev–Trinajstić information content (AvgIpc) is 2.40. The van der Waals surface area contributed by atoms with Crippen LogP contribution in [-0.4, -0.2) is 12.1 Å². The predicted octanol–water partition coefficient (Wildman–Crippen LogP) is 4.88. The van der Waals surface area contributed by atoms with Crippen molar-refractivity contribution in [1.82, 2.24) is 4.98 Å². The van der Waals surface area contributed by atoms with Gasteiger partial charge in [0.15, 0.2) is 0 Å². The van der Waals surface area contributed by atoms with Gasteiger partial charge in [0.1, 0.15) is 10.9 Å². The lowest BCUT2D eigenvalue weighted by molar-refractivity contribution is 0.412. The third-order valence-corrected chi connectivity index (χ3v) is 4.26. The molecule has 3 nitrogen and oxygen atoms in total. The minimum Gasteiger partial charge on any atom is -0.496 e. The molecule has 2 rings (SSSR count). The maximum atomic E-state index is 5.85. The molecule has 0 bridgehead atoms. The summed E-state index contributed by atoms with van der Waals surface area (Å²) >= 11 is 12.7. The highest BCUT2D eigenvalue weighted by Gasteiger charge is 2.03. The zero-order valence-corrected chi connectivity index (χ0v) is 14.0. The fourth-order valence-corrected chi connectivity index (χ4v) is 2.58. The van der Waals surface area contributed by atoms with Crippen LogP contribution in [0.2, 0.25) is 5.15 Å². The van der Waals surface area contributed by atoms with Crippen molar-refractivity contribution in [3.05, 3.63) is 50.1 Å². The molecule has 0 fully saturated rings. The lowest BCUT2D eigenvalue weighted by atomic mass is 10.2. The van der Waals surface area contributed by atoms with Crippen molar-refractivity contribution in [1.29, 1.82) is 0 Å². The summed E-state index contributed by atoms with van der Waals surface area (Å²) in [5.41, 5.74) is 2.04. The van der Waals surface area contributed by atoms with Crippen LogP contribution in [0.1, 0.15) is 5.56 Å². The molecule has 2 aromatic rings. The first-order chi connectivity index (χ1) is 9.10. The van der Waals surface area contributed by atoms with E-state index in [1.807, 2.05) is 24.3 Å². The van der Waals surface area contributed by atoms with Gasteiger partial charge in [0.05, 0.1) is 27.9 Å². The summed E-state index contributed by atoms with van der Waals surface area (Å²) in [6.45, 7) is 0.693. The molecular weight excluding hydrogens is 395 g/mol. The van der Waals surface area contributed by atoms with Crippen LogP contribution in [0.4, 0.5) is 5.69 Å². The maximum Gasteiger partial charge on any atom is 0.143 e. The monoisotopic (exact) mass is 404 g/mol. The Labute approximate surface area is 133 Å². The molecule has 1 N–H and O–H groups in total. The first-order valence-electron chi connectivity index (χ1n) is 5.47. The zero-order valence-electron chi connectivity index (χ0n) is 10.1. The molecule has 1 heterocycles. The molecular formula is C13H11Br2ClN2O. The molecule has 0 aliphatic heterocycles. The van der Waals surface area contributed by atoms with Crippen LogP contribution in [0.5, 0.6) is 5.75 Å².